The third kappa shape index (κ3) is 7.87. The van der Waals surface area contributed by atoms with Gasteiger partial charge >= 0.3 is 6.09 Å². The van der Waals surface area contributed by atoms with E-state index >= 15 is 0 Å². The number of rotatable bonds is 9. The molecule has 7 nitrogen and oxygen atoms in total. The van der Waals surface area contributed by atoms with Crippen LogP contribution in [0, 0.1) is 5.92 Å². The summed E-state index contributed by atoms with van der Waals surface area (Å²) in [5.74, 6) is 0.273. The van der Waals surface area contributed by atoms with E-state index in [1.807, 2.05) is 44.2 Å². The monoisotopic (exact) mass is 403 g/mol. The van der Waals surface area contributed by atoms with E-state index in [0.717, 1.165) is 5.56 Å². The molecule has 0 aliphatic rings. The zero-order chi connectivity index (χ0) is 21.4. The van der Waals surface area contributed by atoms with Crippen molar-refractivity contribution in [1.82, 2.24) is 14.9 Å². The van der Waals surface area contributed by atoms with Crippen LogP contribution in [0.1, 0.15) is 58.4 Å². The summed E-state index contributed by atoms with van der Waals surface area (Å²) in [6.07, 6.45) is 2.32. The van der Waals surface area contributed by atoms with Crippen molar-refractivity contribution >= 4 is 6.09 Å². The minimum absolute atomic E-state index is 0.252. The van der Waals surface area contributed by atoms with Crippen molar-refractivity contribution in [2.45, 2.75) is 72.1 Å². The number of benzene rings is 1. The fraction of sp³-hybridized carbons (Fsp3) is 0.545. The van der Waals surface area contributed by atoms with Crippen molar-refractivity contribution in [2.75, 3.05) is 0 Å². The first-order valence-electron chi connectivity index (χ1n) is 9.95. The Morgan fingerprint density at radius 1 is 1.24 bits per heavy atom. The number of amides is 1. The van der Waals surface area contributed by atoms with E-state index in [2.05, 4.69) is 10.3 Å². The molecule has 0 radical (unpaired) electrons. The van der Waals surface area contributed by atoms with E-state index in [-0.39, 0.29) is 12.6 Å². The average molecular weight is 404 g/mol. The lowest BCUT2D eigenvalue weighted by molar-refractivity contribution is 0.0343. The fourth-order valence-corrected chi connectivity index (χ4v) is 2.96. The zero-order valence-corrected chi connectivity index (χ0v) is 18.0. The first-order chi connectivity index (χ1) is 13.7. The third-order valence-electron chi connectivity index (χ3n) is 4.20. The predicted molar refractivity (Wildman–Crippen MR) is 111 cm³/mol. The highest BCUT2D eigenvalue weighted by Gasteiger charge is 2.28. The maximum Gasteiger partial charge on any atom is 0.407 e. The molecule has 1 aromatic heterocycles. The molecule has 2 aromatic rings. The molecule has 160 valence electrons. The molecule has 1 heterocycles. The van der Waals surface area contributed by atoms with Gasteiger partial charge in [-0.3, -0.25) is 0 Å². The van der Waals surface area contributed by atoms with Gasteiger partial charge in [0.05, 0.1) is 30.9 Å². The summed E-state index contributed by atoms with van der Waals surface area (Å²) in [6.45, 7) is 10.2. The first kappa shape index (κ1) is 22.9. The van der Waals surface area contributed by atoms with E-state index in [4.69, 9.17) is 9.47 Å². The van der Waals surface area contributed by atoms with Gasteiger partial charge in [0.15, 0.2) is 0 Å². The van der Waals surface area contributed by atoms with E-state index in [1.165, 1.54) is 0 Å². The first-order valence-corrected chi connectivity index (χ1v) is 9.95. The maximum absolute atomic E-state index is 12.2. The highest BCUT2D eigenvalue weighted by molar-refractivity contribution is 5.68. The van der Waals surface area contributed by atoms with E-state index in [1.54, 1.807) is 37.9 Å². The second kappa shape index (κ2) is 10.4. The van der Waals surface area contributed by atoms with E-state index in [0.29, 0.717) is 18.7 Å². The van der Waals surface area contributed by atoms with Crippen LogP contribution in [0.3, 0.4) is 0 Å². The van der Waals surface area contributed by atoms with Gasteiger partial charge in [0, 0.05) is 0 Å². The minimum Gasteiger partial charge on any atom is -0.444 e. The Kier molecular flexibility index (Phi) is 8.22. The van der Waals surface area contributed by atoms with Crippen LogP contribution in [0.15, 0.2) is 42.9 Å². The lowest BCUT2D eigenvalue weighted by Crippen LogP contribution is -2.43. The van der Waals surface area contributed by atoms with Crippen LogP contribution in [0.25, 0.3) is 0 Å². The number of carbonyl (C=O) groups excluding carboxylic acids is 1. The summed E-state index contributed by atoms with van der Waals surface area (Å²) < 4.78 is 12.9. The number of aliphatic hydroxyl groups is 1. The zero-order valence-electron chi connectivity index (χ0n) is 18.0. The number of hydrogen-bond donors (Lipinski definition) is 2. The van der Waals surface area contributed by atoms with Crippen LogP contribution < -0.4 is 5.32 Å². The Balaban J connectivity index is 2.03. The SMILES string of the molecule is CC(C)CC(NC(=O)OC(C)(C)C)[C@H](O)c1cncn1COCc1ccccc1. The lowest BCUT2D eigenvalue weighted by atomic mass is 9.97. The molecular formula is C22H33N3O4. The molecule has 0 bridgehead atoms. The fourth-order valence-electron chi connectivity index (χ4n) is 2.96. The van der Waals surface area contributed by atoms with Gasteiger partial charge in [-0.25, -0.2) is 9.78 Å². The highest BCUT2D eigenvalue weighted by atomic mass is 16.6. The molecule has 1 unspecified atom stereocenters. The summed E-state index contributed by atoms with van der Waals surface area (Å²) in [6, 6.07) is 9.36. The molecule has 1 aromatic carbocycles. The molecule has 0 saturated heterocycles. The van der Waals surface area contributed by atoms with Gasteiger partial charge in [0.2, 0.25) is 0 Å². The number of aromatic nitrogens is 2. The van der Waals surface area contributed by atoms with E-state index < -0.39 is 23.8 Å². The lowest BCUT2D eigenvalue weighted by Gasteiger charge is -2.28. The minimum atomic E-state index is -0.937. The molecule has 2 atom stereocenters. The Morgan fingerprint density at radius 2 is 1.93 bits per heavy atom. The van der Waals surface area contributed by atoms with E-state index in [9.17, 15) is 9.90 Å². The quantitative estimate of drug-likeness (QED) is 0.660. The standard InChI is InChI=1S/C22H33N3O4/c1-16(2)11-18(24-21(27)29-22(3,4)5)20(26)19-12-23-14-25(19)15-28-13-17-9-7-6-8-10-17/h6-10,12,14,16,18,20,26H,11,13,15H2,1-5H3,(H,24,27)/t18?,20-/m0/s1. The van der Waals surface area contributed by atoms with Crippen LogP contribution >= 0.6 is 0 Å². The molecule has 2 rings (SSSR count). The Bertz CT molecular complexity index is 753. The number of aliphatic hydroxyl groups excluding tert-OH is 1. The largest absolute Gasteiger partial charge is 0.444 e. The van der Waals surface area contributed by atoms with Crippen LogP contribution in [0.5, 0.6) is 0 Å². The normalized spacial score (nSPS) is 13.9. The molecule has 29 heavy (non-hydrogen) atoms. The van der Waals surface area contributed by atoms with Crippen molar-refractivity contribution in [3.8, 4) is 0 Å². The molecule has 7 heteroatoms. The van der Waals surface area contributed by atoms with Gasteiger partial charge in [-0.05, 0) is 38.7 Å². The number of nitrogens with one attached hydrogen (secondary N) is 1. The van der Waals surface area contributed by atoms with Crippen molar-refractivity contribution in [3.05, 3.63) is 54.1 Å². The van der Waals surface area contributed by atoms with Gasteiger partial charge in [0.25, 0.3) is 0 Å². The van der Waals surface area contributed by atoms with Crippen molar-refractivity contribution in [3.63, 3.8) is 0 Å². The Hall–Kier alpha value is -2.38. The topological polar surface area (TPSA) is 85.6 Å². The van der Waals surface area contributed by atoms with Crippen molar-refractivity contribution < 1.29 is 19.4 Å². The molecule has 0 aliphatic carbocycles. The predicted octanol–water partition coefficient (Wildman–Crippen LogP) is 4.03. The average Bonchev–Trinajstić information content (AvgIpc) is 3.08. The maximum atomic E-state index is 12.2. The van der Waals surface area contributed by atoms with Gasteiger partial charge in [-0.1, -0.05) is 44.2 Å². The van der Waals surface area contributed by atoms with Crippen molar-refractivity contribution in [1.29, 1.82) is 0 Å². The summed E-state index contributed by atoms with van der Waals surface area (Å²) >= 11 is 0. The van der Waals surface area contributed by atoms with Gasteiger partial charge in [-0.15, -0.1) is 0 Å². The molecule has 2 N–H and O–H groups in total. The highest BCUT2D eigenvalue weighted by Crippen LogP contribution is 2.22. The van der Waals surface area contributed by atoms with Gasteiger partial charge in [-0.2, -0.15) is 0 Å². The molecule has 1 amide bonds. The van der Waals surface area contributed by atoms with Gasteiger partial charge < -0.3 is 24.5 Å². The van der Waals surface area contributed by atoms with Crippen LogP contribution in [0.4, 0.5) is 4.79 Å². The number of carbonyl (C=O) groups is 1. The van der Waals surface area contributed by atoms with Crippen LogP contribution in [0.2, 0.25) is 0 Å². The second-order valence-electron chi connectivity index (χ2n) is 8.58. The Labute approximate surface area is 173 Å². The molecule has 0 saturated carbocycles. The number of alkyl carbamates (subject to hydrolysis) is 1. The summed E-state index contributed by atoms with van der Waals surface area (Å²) in [7, 11) is 0. The smallest absolute Gasteiger partial charge is 0.407 e. The molecule has 0 spiro atoms. The Morgan fingerprint density at radius 3 is 2.55 bits per heavy atom. The summed E-state index contributed by atoms with van der Waals surface area (Å²) in [5.41, 5.74) is 1.04. The van der Waals surface area contributed by atoms with Gasteiger partial charge in [0.1, 0.15) is 18.4 Å². The number of ether oxygens (including phenoxy) is 2. The summed E-state index contributed by atoms with van der Waals surface area (Å²) in [4.78, 5) is 16.4. The second-order valence-corrected chi connectivity index (χ2v) is 8.58. The summed E-state index contributed by atoms with van der Waals surface area (Å²) in [5, 5.41) is 13.8. The third-order valence-corrected chi connectivity index (χ3v) is 4.20. The molecule has 0 aliphatic heterocycles. The van der Waals surface area contributed by atoms with Crippen LogP contribution in [-0.2, 0) is 22.8 Å². The molecule has 0 fully saturated rings. The number of nitrogens with zero attached hydrogens (tertiary/aromatic N) is 2. The number of imidazole rings is 1. The van der Waals surface area contributed by atoms with Crippen molar-refractivity contribution in [2.24, 2.45) is 5.92 Å². The molecular weight excluding hydrogens is 370 g/mol. The number of hydrogen-bond acceptors (Lipinski definition) is 5. The van der Waals surface area contributed by atoms with Crippen LogP contribution in [-0.4, -0.2) is 32.4 Å².